The molecule has 2 aromatic heterocycles. The molecule has 0 aliphatic heterocycles. The van der Waals surface area contributed by atoms with Gasteiger partial charge in [0.15, 0.2) is 11.0 Å². The van der Waals surface area contributed by atoms with Crippen LogP contribution < -0.4 is 5.32 Å². The zero-order chi connectivity index (χ0) is 17.8. The first-order chi connectivity index (χ1) is 12.0. The zero-order valence-corrected chi connectivity index (χ0v) is 15.3. The second-order valence-electron chi connectivity index (χ2n) is 5.36. The first-order valence-electron chi connectivity index (χ1n) is 7.57. The predicted octanol–water partition coefficient (Wildman–Crippen LogP) is 3.65. The number of halogens is 1. The van der Waals surface area contributed by atoms with Crippen LogP contribution in [-0.4, -0.2) is 30.9 Å². The normalized spacial score (nSPS) is 12.0. The molecule has 1 atom stereocenters. The highest BCUT2D eigenvalue weighted by molar-refractivity contribution is 8.00. The molecule has 8 heteroatoms. The third-order valence-electron chi connectivity index (χ3n) is 3.52. The number of hydrogen-bond acceptors (Lipinski definition) is 5. The van der Waals surface area contributed by atoms with Gasteiger partial charge in [-0.2, -0.15) is 0 Å². The zero-order valence-electron chi connectivity index (χ0n) is 13.7. The molecular formula is C17H16ClN5OS. The Bertz CT molecular complexity index is 884. The molecule has 0 fully saturated rings. The molecule has 25 heavy (non-hydrogen) atoms. The lowest BCUT2D eigenvalue weighted by Crippen LogP contribution is -2.22. The van der Waals surface area contributed by atoms with Crippen molar-refractivity contribution < 1.29 is 4.79 Å². The Hall–Kier alpha value is -2.38. The van der Waals surface area contributed by atoms with E-state index in [2.05, 4.69) is 20.5 Å². The summed E-state index contributed by atoms with van der Waals surface area (Å²) < 4.78 is 1.86. The van der Waals surface area contributed by atoms with Gasteiger partial charge in [-0.1, -0.05) is 29.4 Å². The Morgan fingerprint density at radius 2 is 2.00 bits per heavy atom. The van der Waals surface area contributed by atoms with Crippen molar-refractivity contribution in [2.75, 3.05) is 5.32 Å². The van der Waals surface area contributed by atoms with E-state index in [0.717, 1.165) is 11.4 Å². The number of carbonyl (C=O) groups is 1. The summed E-state index contributed by atoms with van der Waals surface area (Å²) in [5, 5.41) is 12.2. The minimum Gasteiger partial charge on any atom is -0.325 e. The van der Waals surface area contributed by atoms with E-state index in [1.165, 1.54) is 11.8 Å². The van der Waals surface area contributed by atoms with E-state index in [4.69, 9.17) is 11.6 Å². The topological polar surface area (TPSA) is 72.7 Å². The smallest absolute Gasteiger partial charge is 0.237 e. The SMILES string of the molecule is C[C@H](Sc1nnc(-c2ccncc2)n1C)C(=O)Nc1cccc(Cl)c1. The van der Waals surface area contributed by atoms with Crippen LogP contribution in [-0.2, 0) is 11.8 Å². The summed E-state index contributed by atoms with van der Waals surface area (Å²) in [4.78, 5) is 16.4. The lowest BCUT2D eigenvalue weighted by Gasteiger charge is -2.12. The van der Waals surface area contributed by atoms with E-state index < -0.39 is 0 Å². The van der Waals surface area contributed by atoms with E-state index in [-0.39, 0.29) is 11.2 Å². The van der Waals surface area contributed by atoms with Gasteiger partial charge in [-0.05, 0) is 37.3 Å². The maximum atomic E-state index is 12.4. The Morgan fingerprint density at radius 3 is 2.72 bits per heavy atom. The van der Waals surface area contributed by atoms with Crippen molar-refractivity contribution in [1.29, 1.82) is 0 Å². The fourth-order valence-corrected chi connectivity index (χ4v) is 3.20. The summed E-state index contributed by atoms with van der Waals surface area (Å²) in [6.07, 6.45) is 3.41. The number of amides is 1. The van der Waals surface area contributed by atoms with Crippen LogP contribution in [0.3, 0.4) is 0 Å². The molecule has 0 bridgehead atoms. The molecule has 1 amide bonds. The maximum Gasteiger partial charge on any atom is 0.237 e. The van der Waals surface area contributed by atoms with Gasteiger partial charge in [0.2, 0.25) is 5.91 Å². The second kappa shape index (κ2) is 7.67. The minimum absolute atomic E-state index is 0.124. The van der Waals surface area contributed by atoms with Crippen molar-refractivity contribution >= 4 is 35.0 Å². The number of carbonyl (C=O) groups excluding carboxylic acids is 1. The Kier molecular flexibility index (Phi) is 5.35. The van der Waals surface area contributed by atoms with Gasteiger partial charge in [0.25, 0.3) is 0 Å². The highest BCUT2D eigenvalue weighted by Gasteiger charge is 2.19. The highest BCUT2D eigenvalue weighted by atomic mass is 35.5. The van der Waals surface area contributed by atoms with Crippen LogP contribution in [0.4, 0.5) is 5.69 Å². The van der Waals surface area contributed by atoms with Crippen molar-refractivity contribution in [3.63, 3.8) is 0 Å². The average molecular weight is 374 g/mol. The van der Waals surface area contributed by atoms with Crippen LogP contribution in [0.15, 0.2) is 53.9 Å². The summed E-state index contributed by atoms with van der Waals surface area (Å²) in [5.41, 5.74) is 1.59. The maximum absolute atomic E-state index is 12.4. The van der Waals surface area contributed by atoms with Crippen molar-refractivity contribution in [3.05, 3.63) is 53.8 Å². The fraction of sp³-hybridized carbons (Fsp3) is 0.176. The molecule has 6 nitrogen and oxygen atoms in total. The minimum atomic E-state index is -0.341. The third kappa shape index (κ3) is 4.18. The number of nitrogens with one attached hydrogen (secondary N) is 1. The molecule has 0 unspecified atom stereocenters. The van der Waals surface area contributed by atoms with Gasteiger partial charge in [-0.25, -0.2) is 0 Å². The Labute approximate surface area is 154 Å². The van der Waals surface area contributed by atoms with Crippen LogP contribution in [0.5, 0.6) is 0 Å². The number of hydrogen-bond donors (Lipinski definition) is 1. The standard InChI is InChI=1S/C17H16ClN5OS/c1-11(16(24)20-14-5-3-4-13(18)10-14)25-17-22-21-15(23(17)2)12-6-8-19-9-7-12/h3-11H,1-2H3,(H,20,24)/t11-/m0/s1. The summed E-state index contributed by atoms with van der Waals surface area (Å²) in [5.74, 6) is 0.605. The Balaban J connectivity index is 1.70. The largest absolute Gasteiger partial charge is 0.325 e. The van der Waals surface area contributed by atoms with Crippen molar-refractivity contribution in [2.45, 2.75) is 17.3 Å². The molecule has 0 spiro atoms. The van der Waals surface area contributed by atoms with Gasteiger partial charge in [0.1, 0.15) is 0 Å². The van der Waals surface area contributed by atoms with Gasteiger partial charge in [-0.3, -0.25) is 9.78 Å². The van der Waals surface area contributed by atoms with Gasteiger partial charge in [-0.15, -0.1) is 10.2 Å². The molecule has 3 rings (SSSR count). The highest BCUT2D eigenvalue weighted by Crippen LogP contribution is 2.26. The lowest BCUT2D eigenvalue weighted by molar-refractivity contribution is -0.115. The summed E-state index contributed by atoms with van der Waals surface area (Å²) >= 11 is 7.28. The molecule has 0 aliphatic carbocycles. The second-order valence-corrected chi connectivity index (χ2v) is 7.11. The van der Waals surface area contributed by atoms with Crippen molar-refractivity contribution in [1.82, 2.24) is 19.7 Å². The van der Waals surface area contributed by atoms with E-state index in [0.29, 0.717) is 15.9 Å². The van der Waals surface area contributed by atoms with Crippen LogP contribution in [0.25, 0.3) is 11.4 Å². The van der Waals surface area contributed by atoms with Gasteiger partial charge in [0.05, 0.1) is 5.25 Å². The average Bonchev–Trinajstić information content (AvgIpc) is 2.96. The van der Waals surface area contributed by atoms with E-state index in [1.807, 2.05) is 30.7 Å². The number of benzene rings is 1. The summed E-state index contributed by atoms with van der Waals surface area (Å²) in [7, 11) is 1.87. The third-order valence-corrected chi connectivity index (χ3v) is 4.89. The Morgan fingerprint density at radius 1 is 1.24 bits per heavy atom. The van der Waals surface area contributed by atoms with Crippen LogP contribution in [0.1, 0.15) is 6.92 Å². The first-order valence-corrected chi connectivity index (χ1v) is 8.83. The number of thioether (sulfide) groups is 1. The summed E-state index contributed by atoms with van der Waals surface area (Å²) in [6, 6.07) is 10.8. The molecule has 3 aromatic rings. The fourth-order valence-electron chi connectivity index (χ4n) is 2.19. The van der Waals surface area contributed by atoms with Crippen LogP contribution >= 0.6 is 23.4 Å². The summed E-state index contributed by atoms with van der Waals surface area (Å²) in [6.45, 7) is 1.82. The molecule has 0 aliphatic rings. The van der Waals surface area contributed by atoms with Gasteiger partial charge < -0.3 is 9.88 Å². The molecule has 1 N–H and O–H groups in total. The molecule has 0 radical (unpaired) electrons. The number of nitrogens with zero attached hydrogens (tertiary/aromatic N) is 4. The van der Waals surface area contributed by atoms with Crippen LogP contribution in [0.2, 0.25) is 5.02 Å². The monoisotopic (exact) mass is 373 g/mol. The predicted molar refractivity (Wildman–Crippen MR) is 99.6 cm³/mol. The molecular weight excluding hydrogens is 358 g/mol. The van der Waals surface area contributed by atoms with E-state index >= 15 is 0 Å². The van der Waals surface area contributed by atoms with E-state index in [1.54, 1.807) is 36.7 Å². The number of pyridine rings is 1. The van der Waals surface area contributed by atoms with Crippen molar-refractivity contribution in [2.24, 2.45) is 7.05 Å². The molecule has 2 heterocycles. The number of anilines is 1. The first kappa shape index (κ1) is 17.4. The van der Waals surface area contributed by atoms with Gasteiger partial charge in [0, 0.05) is 35.7 Å². The lowest BCUT2D eigenvalue weighted by atomic mass is 10.2. The van der Waals surface area contributed by atoms with Crippen molar-refractivity contribution in [3.8, 4) is 11.4 Å². The number of rotatable bonds is 5. The molecule has 128 valence electrons. The molecule has 1 aromatic carbocycles. The quantitative estimate of drug-likeness (QED) is 0.691. The van der Waals surface area contributed by atoms with Gasteiger partial charge >= 0.3 is 0 Å². The molecule has 0 saturated carbocycles. The van der Waals surface area contributed by atoms with E-state index in [9.17, 15) is 4.79 Å². The van der Waals surface area contributed by atoms with Crippen LogP contribution in [0, 0.1) is 0 Å². The molecule has 0 saturated heterocycles. The number of aromatic nitrogens is 4.